The second kappa shape index (κ2) is 9.18. The summed E-state index contributed by atoms with van der Waals surface area (Å²) in [4.78, 5) is 17.2. The van der Waals surface area contributed by atoms with Crippen molar-refractivity contribution >= 4 is 27.3 Å². The van der Waals surface area contributed by atoms with Gasteiger partial charge in [-0.1, -0.05) is 12.1 Å². The first-order valence-corrected chi connectivity index (χ1v) is 12.2. The van der Waals surface area contributed by atoms with Gasteiger partial charge in [-0.15, -0.1) is 0 Å². The second-order valence-corrected chi connectivity index (χ2v) is 9.89. The molecule has 1 heterocycles. The summed E-state index contributed by atoms with van der Waals surface area (Å²) in [5.74, 6) is 0.624. The van der Waals surface area contributed by atoms with E-state index < -0.39 is 16.1 Å². The van der Waals surface area contributed by atoms with Gasteiger partial charge in [0.25, 0.3) is 0 Å². The number of sulfonamides is 1. The van der Waals surface area contributed by atoms with Crippen molar-refractivity contribution in [2.75, 3.05) is 48.7 Å². The number of benzene rings is 2. The minimum atomic E-state index is -3.64. The van der Waals surface area contributed by atoms with Gasteiger partial charge in [0.05, 0.1) is 19.1 Å². The van der Waals surface area contributed by atoms with Gasteiger partial charge in [-0.05, 0) is 62.2 Å². The molecule has 2 aromatic rings. The van der Waals surface area contributed by atoms with Crippen LogP contribution in [0.1, 0.15) is 18.1 Å². The molecule has 3 rings (SSSR count). The van der Waals surface area contributed by atoms with Crippen LogP contribution in [0.25, 0.3) is 0 Å². The predicted molar refractivity (Wildman–Crippen MR) is 124 cm³/mol. The Hall–Kier alpha value is -2.74. The molecule has 1 aliphatic heterocycles. The molecule has 0 radical (unpaired) electrons. The van der Waals surface area contributed by atoms with E-state index in [2.05, 4.69) is 4.90 Å². The summed E-state index contributed by atoms with van der Waals surface area (Å²) < 4.78 is 31.8. The Morgan fingerprint density at radius 1 is 1.03 bits per heavy atom. The van der Waals surface area contributed by atoms with E-state index in [-0.39, 0.29) is 5.91 Å². The molecule has 1 aliphatic rings. The van der Waals surface area contributed by atoms with E-state index in [1.165, 1.54) is 4.31 Å². The van der Waals surface area contributed by atoms with E-state index in [1.54, 1.807) is 18.9 Å². The lowest BCUT2D eigenvalue weighted by molar-refractivity contribution is -0.132. The summed E-state index contributed by atoms with van der Waals surface area (Å²) in [6.07, 6.45) is 1.15. The highest BCUT2D eigenvalue weighted by atomic mass is 32.2. The third-order valence-corrected chi connectivity index (χ3v) is 6.92. The fraction of sp³-hybridized carbons (Fsp3) is 0.435. The van der Waals surface area contributed by atoms with Crippen molar-refractivity contribution in [2.45, 2.75) is 26.8 Å². The molecule has 1 fully saturated rings. The van der Waals surface area contributed by atoms with Crippen LogP contribution in [0.3, 0.4) is 0 Å². The van der Waals surface area contributed by atoms with Crippen LogP contribution in [-0.2, 0) is 14.8 Å². The van der Waals surface area contributed by atoms with Crippen LogP contribution in [0.5, 0.6) is 5.75 Å². The van der Waals surface area contributed by atoms with E-state index >= 15 is 0 Å². The average molecular weight is 446 g/mol. The molecule has 8 heteroatoms. The van der Waals surface area contributed by atoms with Gasteiger partial charge in [0, 0.05) is 31.9 Å². The second-order valence-electron chi connectivity index (χ2n) is 8.04. The van der Waals surface area contributed by atoms with Crippen molar-refractivity contribution < 1.29 is 17.9 Å². The third-order valence-electron chi connectivity index (χ3n) is 5.70. The van der Waals surface area contributed by atoms with Crippen LogP contribution in [0.15, 0.2) is 42.5 Å². The van der Waals surface area contributed by atoms with Gasteiger partial charge in [0.15, 0.2) is 0 Å². The highest BCUT2D eigenvalue weighted by molar-refractivity contribution is 7.92. The van der Waals surface area contributed by atoms with E-state index in [0.717, 1.165) is 28.8 Å². The lowest BCUT2D eigenvalue weighted by Gasteiger charge is -2.39. The highest BCUT2D eigenvalue weighted by Gasteiger charge is 2.34. The number of methoxy groups -OCH3 is 1. The standard InChI is InChI=1S/C23H31N3O4S/c1-17-6-7-18(2)22(16-17)26(31(5,28)29)19(3)23(27)25-14-12-24(13-15-25)20-8-10-21(30-4)11-9-20/h6-11,16,19H,12-15H2,1-5H3/t19-/m1/s1. The Bertz CT molecular complexity index is 1030. The molecule has 0 saturated carbocycles. The van der Waals surface area contributed by atoms with Gasteiger partial charge in [-0.3, -0.25) is 9.10 Å². The molecule has 0 aliphatic carbocycles. The van der Waals surface area contributed by atoms with Crippen LogP contribution >= 0.6 is 0 Å². The first-order chi connectivity index (χ1) is 14.6. The van der Waals surface area contributed by atoms with Crippen LogP contribution in [0.2, 0.25) is 0 Å². The fourth-order valence-corrected chi connectivity index (χ4v) is 5.19. The van der Waals surface area contributed by atoms with E-state index in [1.807, 2.05) is 56.3 Å². The minimum absolute atomic E-state index is 0.180. The maximum atomic E-state index is 13.3. The molecular weight excluding hydrogens is 414 g/mol. The lowest BCUT2D eigenvalue weighted by Crippen LogP contribution is -2.55. The van der Waals surface area contributed by atoms with Crippen molar-refractivity contribution in [3.63, 3.8) is 0 Å². The van der Waals surface area contributed by atoms with E-state index in [9.17, 15) is 13.2 Å². The zero-order valence-electron chi connectivity index (χ0n) is 18.8. The number of piperazine rings is 1. The third kappa shape index (κ3) is 5.12. The molecule has 0 bridgehead atoms. The van der Waals surface area contributed by atoms with Crippen molar-refractivity contribution in [2.24, 2.45) is 0 Å². The molecule has 1 amide bonds. The Kier molecular flexibility index (Phi) is 6.79. The fourth-order valence-electron chi connectivity index (χ4n) is 3.97. The molecule has 1 atom stereocenters. The van der Waals surface area contributed by atoms with Crippen molar-refractivity contribution in [3.05, 3.63) is 53.6 Å². The molecule has 7 nitrogen and oxygen atoms in total. The predicted octanol–water partition coefficient (Wildman–Crippen LogP) is 2.82. The molecule has 31 heavy (non-hydrogen) atoms. The molecule has 2 aromatic carbocycles. The summed E-state index contributed by atoms with van der Waals surface area (Å²) in [5, 5.41) is 0. The van der Waals surface area contributed by atoms with E-state index in [0.29, 0.717) is 31.9 Å². The molecule has 1 saturated heterocycles. The van der Waals surface area contributed by atoms with Gasteiger partial charge < -0.3 is 14.5 Å². The Balaban J connectivity index is 1.74. The van der Waals surface area contributed by atoms with Crippen molar-refractivity contribution in [1.29, 1.82) is 0 Å². The monoisotopic (exact) mass is 445 g/mol. The van der Waals surface area contributed by atoms with E-state index in [4.69, 9.17) is 4.74 Å². The summed E-state index contributed by atoms with van der Waals surface area (Å²) in [6, 6.07) is 12.7. The normalized spacial score (nSPS) is 15.5. The van der Waals surface area contributed by atoms with Gasteiger partial charge in [-0.2, -0.15) is 0 Å². The number of carbonyl (C=O) groups excluding carboxylic acids is 1. The zero-order valence-corrected chi connectivity index (χ0v) is 19.6. The van der Waals surface area contributed by atoms with Crippen LogP contribution in [-0.4, -0.2) is 64.8 Å². The summed E-state index contributed by atoms with van der Waals surface area (Å²) in [7, 11) is -2.00. The zero-order chi connectivity index (χ0) is 22.8. The average Bonchev–Trinajstić information content (AvgIpc) is 2.75. The Labute approximate surface area is 185 Å². The number of nitrogens with zero attached hydrogens (tertiary/aromatic N) is 3. The number of rotatable bonds is 6. The first kappa shape index (κ1) is 22.9. The van der Waals surface area contributed by atoms with Crippen LogP contribution < -0.4 is 13.9 Å². The Morgan fingerprint density at radius 2 is 1.65 bits per heavy atom. The van der Waals surface area contributed by atoms with Crippen LogP contribution in [0, 0.1) is 13.8 Å². The number of hydrogen-bond donors (Lipinski definition) is 0. The number of aryl methyl sites for hydroxylation is 2. The van der Waals surface area contributed by atoms with Crippen molar-refractivity contribution in [1.82, 2.24) is 4.90 Å². The molecular formula is C23H31N3O4S. The van der Waals surface area contributed by atoms with Gasteiger partial charge in [-0.25, -0.2) is 8.42 Å². The maximum Gasteiger partial charge on any atom is 0.246 e. The lowest BCUT2D eigenvalue weighted by atomic mass is 10.1. The SMILES string of the molecule is COc1ccc(N2CCN(C(=O)[C@@H](C)N(c3cc(C)ccc3C)S(C)(=O)=O)CC2)cc1. The number of ether oxygens (including phenoxy) is 1. The molecule has 0 unspecified atom stereocenters. The summed E-state index contributed by atoms with van der Waals surface area (Å²) >= 11 is 0. The highest BCUT2D eigenvalue weighted by Crippen LogP contribution is 2.27. The van der Waals surface area contributed by atoms with Gasteiger partial charge in [0.1, 0.15) is 11.8 Å². The summed E-state index contributed by atoms with van der Waals surface area (Å²) in [5.41, 5.74) is 3.40. The quantitative estimate of drug-likeness (QED) is 0.684. The topological polar surface area (TPSA) is 70.2 Å². The largest absolute Gasteiger partial charge is 0.497 e. The first-order valence-electron chi connectivity index (χ1n) is 10.4. The number of amides is 1. The number of hydrogen-bond acceptors (Lipinski definition) is 5. The maximum absolute atomic E-state index is 13.3. The Morgan fingerprint density at radius 3 is 2.19 bits per heavy atom. The number of carbonyl (C=O) groups is 1. The smallest absolute Gasteiger partial charge is 0.246 e. The number of anilines is 2. The van der Waals surface area contributed by atoms with Gasteiger partial charge in [0.2, 0.25) is 15.9 Å². The van der Waals surface area contributed by atoms with Gasteiger partial charge >= 0.3 is 0 Å². The van der Waals surface area contributed by atoms with Crippen LogP contribution in [0.4, 0.5) is 11.4 Å². The molecule has 0 aromatic heterocycles. The molecule has 168 valence electrons. The summed E-state index contributed by atoms with van der Waals surface area (Å²) in [6.45, 7) is 7.90. The molecule has 0 spiro atoms. The minimum Gasteiger partial charge on any atom is -0.497 e. The molecule has 0 N–H and O–H groups in total. The van der Waals surface area contributed by atoms with Crippen molar-refractivity contribution in [3.8, 4) is 5.75 Å².